The Morgan fingerprint density at radius 1 is 1.44 bits per heavy atom. The molecule has 4 heteroatoms. The summed E-state index contributed by atoms with van der Waals surface area (Å²) in [6, 6.07) is 4.45. The summed E-state index contributed by atoms with van der Waals surface area (Å²) < 4.78 is 0. The first-order chi connectivity index (χ1) is 8.62. The minimum absolute atomic E-state index is 0.0483. The second-order valence-electron chi connectivity index (χ2n) is 5.45. The van der Waals surface area contributed by atoms with E-state index in [0.717, 1.165) is 6.54 Å². The zero-order chi connectivity index (χ0) is 13.0. The van der Waals surface area contributed by atoms with E-state index in [4.69, 9.17) is 0 Å². The Bertz CT molecular complexity index is 381. The zero-order valence-corrected chi connectivity index (χ0v) is 12.0. The average Bonchev–Trinajstić information content (AvgIpc) is 2.97. The van der Waals surface area contributed by atoms with Crippen molar-refractivity contribution < 1.29 is 4.79 Å². The third kappa shape index (κ3) is 3.05. The highest BCUT2D eigenvalue weighted by Gasteiger charge is 2.36. The highest BCUT2D eigenvalue weighted by Crippen LogP contribution is 2.42. The number of thiophene rings is 1. The molecule has 1 aromatic rings. The van der Waals surface area contributed by atoms with Gasteiger partial charge in [0.1, 0.15) is 0 Å². The number of urea groups is 1. The van der Waals surface area contributed by atoms with Crippen LogP contribution < -0.4 is 10.6 Å². The van der Waals surface area contributed by atoms with Crippen LogP contribution in [0.15, 0.2) is 17.5 Å². The standard InChI is InChI=1S/C14H22N2OS/c1-11(2)16-13(17)15-10-14(7-3-4-8-14)12-6-5-9-18-12/h5-6,9,11H,3-4,7-8,10H2,1-2H3,(H2,15,16,17). The molecule has 0 saturated heterocycles. The molecule has 1 aliphatic rings. The van der Waals surface area contributed by atoms with Crippen LogP contribution in [0.3, 0.4) is 0 Å². The van der Waals surface area contributed by atoms with E-state index in [1.54, 1.807) is 0 Å². The predicted molar refractivity (Wildman–Crippen MR) is 76.1 cm³/mol. The number of carbonyl (C=O) groups excluding carboxylic acids is 1. The number of nitrogens with one attached hydrogen (secondary N) is 2. The number of hydrogen-bond acceptors (Lipinski definition) is 2. The van der Waals surface area contributed by atoms with E-state index in [0.29, 0.717) is 0 Å². The maximum absolute atomic E-state index is 11.7. The molecule has 0 atom stereocenters. The van der Waals surface area contributed by atoms with Gasteiger partial charge in [-0.25, -0.2) is 4.79 Å². The van der Waals surface area contributed by atoms with Crippen molar-refractivity contribution in [2.24, 2.45) is 0 Å². The molecule has 2 amide bonds. The molecule has 0 radical (unpaired) electrons. The Hall–Kier alpha value is -1.03. The van der Waals surface area contributed by atoms with Crippen molar-refractivity contribution in [2.75, 3.05) is 6.54 Å². The fraction of sp³-hybridized carbons (Fsp3) is 0.643. The smallest absolute Gasteiger partial charge is 0.315 e. The lowest BCUT2D eigenvalue weighted by Gasteiger charge is -2.28. The monoisotopic (exact) mass is 266 g/mol. The van der Waals surface area contributed by atoms with E-state index in [-0.39, 0.29) is 17.5 Å². The number of rotatable bonds is 4. The molecular weight excluding hydrogens is 244 g/mol. The lowest BCUT2D eigenvalue weighted by Crippen LogP contribution is -2.45. The van der Waals surface area contributed by atoms with Gasteiger partial charge in [-0.1, -0.05) is 18.9 Å². The molecule has 1 aliphatic carbocycles. The van der Waals surface area contributed by atoms with Gasteiger partial charge in [0, 0.05) is 22.9 Å². The number of amides is 2. The van der Waals surface area contributed by atoms with Crippen LogP contribution in [-0.4, -0.2) is 18.6 Å². The molecule has 1 fully saturated rings. The van der Waals surface area contributed by atoms with Gasteiger partial charge in [-0.05, 0) is 38.1 Å². The first kappa shape index (κ1) is 13.4. The van der Waals surface area contributed by atoms with Crippen LogP contribution in [0.1, 0.15) is 44.4 Å². The van der Waals surface area contributed by atoms with Crippen molar-refractivity contribution in [3.63, 3.8) is 0 Å². The normalized spacial score (nSPS) is 17.9. The van der Waals surface area contributed by atoms with Gasteiger partial charge < -0.3 is 10.6 Å². The van der Waals surface area contributed by atoms with E-state index in [1.807, 2.05) is 25.2 Å². The van der Waals surface area contributed by atoms with Crippen molar-refractivity contribution >= 4 is 17.4 Å². The Kier molecular flexibility index (Phi) is 4.27. The van der Waals surface area contributed by atoms with Gasteiger partial charge in [-0.15, -0.1) is 11.3 Å². The molecule has 0 aliphatic heterocycles. The second-order valence-corrected chi connectivity index (χ2v) is 6.39. The SMILES string of the molecule is CC(C)NC(=O)NCC1(c2cccs2)CCCC1. The van der Waals surface area contributed by atoms with Crippen LogP contribution in [-0.2, 0) is 5.41 Å². The minimum Gasteiger partial charge on any atom is -0.337 e. The van der Waals surface area contributed by atoms with Crippen molar-refractivity contribution in [2.45, 2.75) is 51.0 Å². The van der Waals surface area contributed by atoms with E-state index < -0.39 is 0 Å². The molecule has 0 bridgehead atoms. The van der Waals surface area contributed by atoms with Crippen molar-refractivity contribution in [3.8, 4) is 0 Å². The van der Waals surface area contributed by atoms with Gasteiger partial charge in [0.05, 0.1) is 0 Å². The summed E-state index contributed by atoms with van der Waals surface area (Å²) in [4.78, 5) is 13.1. The molecule has 1 aromatic heterocycles. The number of hydrogen-bond donors (Lipinski definition) is 2. The molecule has 3 nitrogen and oxygen atoms in total. The molecule has 0 aromatic carbocycles. The summed E-state index contributed by atoms with van der Waals surface area (Å²) in [5.41, 5.74) is 0.183. The Morgan fingerprint density at radius 3 is 2.72 bits per heavy atom. The topological polar surface area (TPSA) is 41.1 Å². The lowest BCUT2D eigenvalue weighted by atomic mass is 9.84. The molecular formula is C14H22N2OS. The largest absolute Gasteiger partial charge is 0.337 e. The van der Waals surface area contributed by atoms with Gasteiger partial charge in [-0.2, -0.15) is 0 Å². The molecule has 100 valence electrons. The Labute approximate surface area is 113 Å². The van der Waals surface area contributed by atoms with Crippen LogP contribution in [0.5, 0.6) is 0 Å². The van der Waals surface area contributed by atoms with E-state index in [9.17, 15) is 4.79 Å². The average molecular weight is 266 g/mol. The third-order valence-electron chi connectivity index (χ3n) is 3.61. The summed E-state index contributed by atoms with van der Waals surface area (Å²) in [6.07, 6.45) is 4.92. The molecule has 0 unspecified atom stereocenters. The molecule has 0 spiro atoms. The van der Waals surface area contributed by atoms with Crippen LogP contribution in [0, 0.1) is 0 Å². The van der Waals surface area contributed by atoms with E-state index in [1.165, 1.54) is 30.6 Å². The first-order valence-electron chi connectivity index (χ1n) is 6.71. The zero-order valence-electron chi connectivity index (χ0n) is 11.2. The second kappa shape index (κ2) is 5.74. The van der Waals surface area contributed by atoms with Gasteiger partial charge in [0.2, 0.25) is 0 Å². The first-order valence-corrected chi connectivity index (χ1v) is 7.59. The summed E-state index contributed by atoms with van der Waals surface area (Å²) in [5.74, 6) is 0. The van der Waals surface area contributed by atoms with Crippen molar-refractivity contribution in [1.82, 2.24) is 10.6 Å². The van der Waals surface area contributed by atoms with Crippen LogP contribution in [0.4, 0.5) is 4.79 Å². The van der Waals surface area contributed by atoms with Gasteiger partial charge in [-0.3, -0.25) is 0 Å². The fourth-order valence-electron chi connectivity index (χ4n) is 2.71. The fourth-order valence-corrected chi connectivity index (χ4v) is 3.69. The molecule has 2 rings (SSSR count). The summed E-state index contributed by atoms with van der Waals surface area (Å²) in [7, 11) is 0. The number of carbonyl (C=O) groups is 1. The molecule has 1 heterocycles. The molecule has 18 heavy (non-hydrogen) atoms. The van der Waals surface area contributed by atoms with Crippen LogP contribution in [0.25, 0.3) is 0 Å². The summed E-state index contributed by atoms with van der Waals surface area (Å²) >= 11 is 1.81. The van der Waals surface area contributed by atoms with Crippen molar-refractivity contribution in [1.29, 1.82) is 0 Å². The lowest BCUT2D eigenvalue weighted by molar-refractivity contribution is 0.235. The van der Waals surface area contributed by atoms with Crippen molar-refractivity contribution in [3.05, 3.63) is 22.4 Å². The summed E-state index contributed by atoms with van der Waals surface area (Å²) in [5, 5.41) is 8.05. The van der Waals surface area contributed by atoms with Crippen LogP contribution in [0.2, 0.25) is 0 Å². The Balaban J connectivity index is 1.98. The predicted octanol–water partition coefficient (Wildman–Crippen LogP) is 3.27. The van der Waals surface area contributed by atoms with E-state index >= 15 is 0 Å². The minimum atomic E-state index is -0.0483. The Morgan fingerprint density at radius 2 is 2.17 bits per heavy atom. The molecule has 1 saturated carbocycles. The highest BCUT2D eigenvalue weighted by atomic mass is 32.1. The third-order valence-corrected chi connectivity index (χ3v) is 4.73. The highest BCUT2D eigenvalue weighted by molar-refractivity contribution is 7.10. The maximum atomic E-state index is 11.7. The van der Waals surface area contributed by atoms with Gasteiger partial charge >= 0.3 is 6.03 Å². The van der Waals surface area contributed by atoms with Crippen LogP contribution >= 0.6 is 11.3 Å². The quantitative estimate of drug-likeness (QED) is 0.863. The maximum Gasteiger partial charge on any atom is 0.315 e. The van der Waals surface area contributed by atoms with E-state index in [2.05, 4.69) is 28.1 Å². The summed E-state index contributed by atoms with van der Waals surface area (Å²) in [6.45, 7) is 4.71. The molecule has 2 N–H and O–H groups in total. The van der Waals surface area contributed by atoms with Gasteiger partial charge in [0.15, 0.2) is 0 Å². The van der Waals surface area contributed by atoms with Gasteiger partial charge in [0.25, 0.3) is 0 Å².